The minimum absolute atomic E-state index is 0.00866. The van der Waals surface area contributed by atoms with Crippen molar-refractivity contribution in [3.05, 3.63) is 23.5 Å². The number of Topliss-reactive ketones (excluding diaryl/α,β-unsaturated/α-hetero) is 2. The summed E-state index contributed by atoms with van der Waals surface area (Å²) in [5.41, 5.74) is 1.31. The third kappa shape index (κ3) is 1.81. The van der Waals surface area contributed by atoms with Crippen LogP contribution in [0, 0.1) is 0 Å². The molecule has 0 aliphatic carbocycles. The Morgan fingerprint density at radius 1 is 1.17 bits per heavy atom. The molecule has 0 unspecified atom stereocenters. The van der Waals surface area contributed by atoms with Crippen molar-refractivity contribution in [1.29, 1.82) is 0 Å². The number of hydrogen-bond acceptors (Lipinski definition) is 3. The molecule has 0 spiro atoms. The standard InChI is InChI=1S/C9H11NO2/c1-6(11)8-3-9(7(2)12)5-10-4-8/h4-5,10H,3H2,1-2H3. The van der Waals surface area contributed by atoms with E-state index < -0.39 is 0 Å². The van der Waals surface area contributed by atoms with Crippen molar-refractivity contribution in [3.8, 4) is 0 Å². The summed E-state index contributed by atoms with van der Waals surface area (Å²) < 4.78 is 0. The second-order valence-electron chi connectivity index (χ2n) is 2.79. The van der Waals surface area contributed by atoms with Gasteiger partial charge in [0, 0.05) is 30.0 Å². The van der Waals surface area contributed by atoms with Gasteiger partial charge in [-0.15, -0.1) is 0 Å². The zero-order valence-corrected chi connectivity index (χ0v) is 7.18. The summed E-state index contributed by atoms with van der Waals surface area (Å²) in [6.07, 6.45) is 3.72. The molecule has 0 amide bonds. The topological polar surface area (TPSA) is 46.2 Å². The summed E-state index contributed by atoms with van der Waals surface area (Å²) in [6.45, 7) is 2.99. The number of nitrogens with one attached hydrogen (secondary N) is 1. The van der Waals surface area contributed by atoms with Crippen LogP contribution in [0.3, 0.4) is 0 Å². The Kier molecular flexibility index (Phi) is 2.43. The fourth-order valence-corrected chi connectivity index (χ4v) is 1.00. The molecule has 1 aliphatic heterocycles. The van der Waals surface area contributed by atoms with Crippen LogP contribution < -0.4 is 5.32 Å². The Morgan fingerprint density at radius 2 is 1.58 bits per heavy atom. The van der Waals surface area contributed by atoms with Crippen LogP contribution in [0.2, 0.25) is 0 Å². The van der Waals surface area contributed by atoms with E-state index in [4.69, 9.17) is 0 Å². The first-order valence-corrected chi connectivity index (χ1v) is 3.77. The molecule has 0 saturated carbocycles. The molecule has 0 fully saturated rings. The maximum atomic E-state index is 10.9. The second kappa shape index (κ2) is 3.34. The number of carbonyl (C=O) groups is 2. The smallest absolute Gasteiger partial charge is 0.157 e. The summed E-state index contributed by atoms with van der Waals surface area (Å²) in [5, 5.41) is 2.78. The van der Waals surface area contributed by atoms with Gasteiger partial charge in [-0.1, -0.05) is 0 Å². The number of carbonyl (C=O) groups excluding carboxylic acids is 2. The zero-order valence-electron chi connectivity index (χ0n) is 7.18. The molecule has 1 aliphatic rings. The summed E-state index contributed by atoms with van der Waals surface area (Å²) in [6, 6.07) is 0. The maximum Gasteiger partial charge on any atom is 0.157 e. The van der Waals surface area contributed by atoms with Gasteiger partial charge < -0.3 is 5.32 Å². The van der Waals surface area contributed by atoms with Crippen LogP contribution in [-0.4, -0.2) is 11.6 Å². The van der Waals surface area contributed by atoms with E-state index in [1.807, 2.05) is 0 Å². The largest absolute Gasteiger partial charge is 0.367 e. The minimum Gasteiger partial charge on any atom is -0.367 e. The van der Waals surface area contributed by atoms with Gasteiger partial charge >= 0.3 is 0 Å². The van der Waals surface area contributed by atoms with Gasteiger partial charge in [0.15, 0.2) is 11.6 Å². The molecule has 0 aromatic carbocycles. The van der Waals surface area contributed by atoms with Crippen LogP contribution in [0.4, 0.5) is 0 Å². The third-order valence-corrected chi connectivity index (χ3v) is 1.80. The van der Waals surface area contributed by atoms with E-state index in [1.54, 1.807) is 12.4 Å². The molecule has 12 heavy (non-hydrogen) atoms. The predicted octanol–water partition coefficient (Wildman–Crippen LogP) is 0.925. The normalized spacial score (nSPS) is 15.8. The molecule has 1 rings (SSSR count). The second-order valence-corrected chi connectivity index (χ2v) is 2.79. The van der Waals surface area contributed by atoms with Crippen LogP contribution in [0.1, 0.15) is 20.3 Å². The molecule has 0 atom stereocenters. The highest BCUT2D eigenvalue weighted by Crippen LogP contribution is 2.14. The summed E-state index contributed by atoms with van der Waals surface area (Å²) in [4.78, 5) is 21.8. The zero-order chi connectivity index (χ0) is 9.14. The Hall–Kier alpha value is -1.38. The first-order valence-electron chi connectivity index (χ1n) is 3.77. The number of dihydropyridines is 1. The quantitative estimate of drug-likeness (QED) is 0.662. The SMILES string of the molecule is CC(=O)C1=CNC=C(C(C)=O)C1. The van der Waals surface area contributed by atoms with Crippen molar-refractivity contribution in [1.82, 2.24) is 5.32 Å². The van der Waals surface area contributed by atoms with Crippen LogP contribution in [0.25, 0.3) is 0 Å². The van der Waals surface area contributed by atoms with Gasteiger partial charge in [0.25, 0.3) is 0 Å². The van der Waals surface area contributed by atoms with Crippen LogP contribution in [0.5, 0.6) is 0 Å². The Balaban J connectivity index is 2.73. The van der Waals surface area contributed by atoms with E-state index in [1.165, 1.54) is 13.8 Å². The van der Waals surface area contributed by atoms with Gasteiger partial charge in [0.05, 0.1) is 0 Å². The van der Waals surface area contributed by atoms with Gasteiger partial charge in [-0.05, 0) is 13.8 Å². The Labute approximate surface area is 71.1 Å². The predicted molar refractivity (Wildman–Crippen MR) is 45.3 cm³/mol. The number of ketones is 2. The Morgan fingerprint density at radius 3 is 1.92 bits per heavy atom. The molecule has 0 bridgehead atoms. The van der Waals surface area contributed by atoms with Crippen molar-refractivity contribution >= 4 is 11.6 Å². The van der Waals surface area contributed by atoms with Gasteiger partial charge in [0.1, 0.15) is 0 Å². The molecule has 3 heteroatoms. The third-order valence-electron chi connectivity index (χ3n) is 1.80. The van der Waals surface area contributed by atoms with E-state index in [0.717, 1.165) is 0 Å². The average molecular weight is 165 g/mol. The van der Waals surface area contributed by atoms with Gasteiger partial charge in [-0.25, -0.2) is 0 Å². The fraction of sp³-hybridized carbons (Fsp3) is 0.333. The molecule has 64 valence electrons. The van der Waals surface area contributed by atoms with Crippen LogP contribution in [0.15, 0.2) is 23.5 Å². The lowest BCUT2D eigenvalue weighted by Gasteiger charge is -2.11. The van der Waals surface area contributed by atoms with Crippen molar-refractivity contribution in [2.75, 3.05) is 0 Å². The highest BCUT2D eigenvalue weighted by atomic mass is 16.1. The molecule has 0 radical (unpaired) electrons. The van der Waals surface area contributed by atoms with E-state index in [2.05, 4.69) is 5.32 Å². The molecule has 0 saturated heterocycles. The monoisotopic (exact) mass is 165 g/mol. The van der Waals surface area contributed by atoms with E-state index in [0.29, 0.717) is 17.6 Å². The molecule has 1 N–H and O–H groups in total. The molecular formula is C9H11NO2. The van der Waals surface area contributed by atoms with Crippen molar-refractivity contribution < 1.29 is 9.59 Å². The fourth-order valence-electron chi connectivity index (χ4n) is 1.00. The number of allylic oxidation sites excluding steroid dienone is 2. The van der Waals surface area contributed by atoms with Crippen molar-refractivity contribution in [2.45, 2.75) is 20.3 Å². The van der Waals surface area contributed by atoms with Crippen LogP contribution >= 0.6 is 0 Å². The molecule has 0 aromatic rings. The lowest BCUT2D eigenvalue weighted by atomic mass is 10.00. The number of hydrogen-bond donors (Lipinski definition) is 1. The first-order chi connectivity index (χ1) is 5.61. The molecule has 3 nitrogen and oxygen atoms in total. The lowest BCUT2D eigenvalue weighted by Crippen LogP contribution is -2.14. The van der Waals surface area contributed by atoms with Crippen LogP contribution in [-0.2, 0) is 9.59 Å². The Bertz CT molecular complexity index is 259. The number of rotatable bonds is 2. The van der Waals surface area contributed by atoms with Crippen molar-refractivity contribution in [3.63, 3.8) is 0 Å². The van der Waals surface area contributed by atoms with Gasteiger partial charge in [-0.2, -0.15) is 0 Å². The summed E-state index contributed by atoms with van der Waals surface area (Å²) in [7, 11) is 0. The van der Waals surface area contributed by atoms with Gasteiger partial charge in [0.2, 0.25) is 0 Å². The van der Waals surface area contributed by atoms with E-state index in [-0.39, 0.29) is 11.6 Å². The van der Waals surface area contributed by atoms with E-state index in [9.17, 15) is 9.59 Å². The maximum absolute atomic E-state index is 10.9. The average Bonchev–Trinajstić information content (AvgIpc) is 2.04. The lowest BCUT2D eigenvalue weighted by molar-refractivity contribution is -0.113. The summed E-state index contributed by atoms with van der Waals surface area (Å²) in [5.74, 6) is 0.0173. The molecular weight excluding hydrogens is 154 g/mol. The first kappa shape index (κ1) is 8.71. The highest BCUT2D eigenvalue weighted by molar-refractivity contribution is 5.99. The van der Waals surface area contributed by atoms with Crippen molar-refractivity contribution in [2.24, 2.45) is 0 Å². The molecule has 0 aromatic heterocycles. The van der Waals surface area contributed by atoms with E-state index >= 15 is 0 Å². The molecule has 1 heterocycles. The summed E-state index contributed by atoms with van der Waals surface area (Å²) >= 11 is 0. The highest BCUT2D eigenvalue weighted by Gasteiger charge is 2.13. The minimum atomic E-state index is 0.00866. The van der Waals surface area contributed by atoms with Gasteiger partial charge in [-0.3, -0.25) is 9.59 Å².